The number of ketones is 1. The fourth-order valence-electron chi connectivity index (χ4n) is 3.52. The van der Waals surface area contributed by atoms with Gasteiger partial charge in [-0.3, -0.25) is 9.69 Å². The minimum atomic E-state index is 0.113. The summed E-state index contributed by atoms with van der Waals surface area (Å²) in [7, 11) is 1.70. The van der Waals surface area contributed by atoms with E-state index >= 15 is 0 Å². The number of piperazine rings is 1. The van der Waals surface area contributed by atoms with Crippen LogP contribution in [0.3, 0.4) is 0 Å². The number of nitrogen functional groups attached to an aromatic ring is 1. The normalized spacial score (nSPS) is 14.7. The molecule has 6 nitrogen and oxygen atoms in total. The minimum Gasteiger partial charge on any atom is -0.495 e. The first-order valence-electron chi connectivity index (χ1n) is 9.78. The summed E-state index contributed by atoms with van der Waals surface area (Å²) in [6, 6.07) is 13.4. The van der Waals surface area contributed by atoms with Crippen molar-refractivity contribution in [2.75, 3.05) is 57.1 Å². The highest BCUT2D eigenvalue weighted by molar-refractivity contribution is 5.97. The molecule has 28 heavy (non-hydrogen) atoms. The zero-order chi connectivity index (χ0) is 19.9. The van der Waals surface area contributed by atoms with Crippen molar-refractivity contribution in [1.29, 1.82) is 0 Å². The molecule has 0 unspecified atom stereocenters. The van der Waals surface area contributed by atoms with Gasteiger partial charge >= 0.3 is 0 Å². The van der Waals surface area contributed by atoms with Gasteiger partial charge in [-0.2, -0.15) is 0 Å². The molecule has 1 aliphatic rings. The van der Waals surface area contributed by atoms with Crippen molar-refractivity contribution < 1.29 is 14.3 Å². The molecule has 1 heterocycles. The Kier molecular flexibility index (Phi) is 6.76. The first-order chi connectivity index (χ1) is 13.6. The van der Waals surface area contributed by atoms with Gasteiger partial charge < -0.3 is 20.1 Å². The molecule has 2 aromatic rings. The fourth-order valence-corrected chi connectivity index (χ4v) is 3.52. The highest BCUT2D eigenvalue weighted by Crippen LogP contribution is 2.28. The molecule has 2 aromatic carbocycles. The van der Waals surface area contributed by atoms with Crippen LogP contribution >= 0.6 is 0 Å². The summed E-state index contributed by atoms with van der Waals surface area (Å²) < 4.78 is 10.9. The number of para-hydroxylation sites is 2. The molecule has 1 saturated heterocycles. The van der Waals surface area contributed by atoms with Crippen molar-refractivity contribution in [1.82, 2.24) is 4.90 Å². The van der Waals surface area contributed by atoms with Crippen LogP contribution in [0.15, 0.2) is 42.5 Å². The van der Waals surface area contributed by atoms with E-state index in [0.717, 1.165) is 44.2 Å². The van der Waals surface area contributed by atoms with Crippen LogP contribution in [0.4, 0.5) is 11.4 Å². The molecule has 0 aromatic heterocycles. The maximum atomic E-state index is 12.5. The third-order valence-electron chi connectivity index (χ3n) is 5.08. The number of nitrogens with zero attached hydrogens (tertiary/aromatic N) is 2. The summed E-state index contributed by atoms with van der Waals surface area (Å²) in [4.78, 5) is 17.2. The Balaban J connectivity index is 1.50. The number of Topliss-reactive ketones (excluding diaryl/α,β-unsaturated/α-hetero) is 1. The number of nitrogens with two attached hydrogens (primary N) is 1. The van der Waals surface area contributed by atoms with E-state index in [-0.39, 0.29) is 5.78 Å². The van der Waals surface area contributed by atoms with Crippen LogP contribution in [-0.4, -0.2) is 57.1 Å². The van der Waals surface area contributed by atoms with E-state index in [0.29, 0.717) is 30.0 Å². The number of carbonyl (C=O) groups is 1. The maximum Gasteiger partial charge on any atom is 0.164 e. The Bertz CT molecular complexity index is 801. The second-order valence-corrected chi connectivity index (χ2v) is 6.86. The van der Waals surface area contributed by atoms with Crippen molar-refractivity contribution >= 4 is 17.2 Å². The lowest BCUT2D eigenvalue weighted by molar-refractivity contribution is 0.0962. The number of methoxy groups -OCH3 is 1. The molecule has 1 fully saturated rings. The van der Waals surface area contributed by atoms with Gasteiger partial charge in [-0.05, 0) is 37.3 Å². The fraction of sp³-hybridized carbons (Fsp3) is 0.409. The Morgan fingerprint density at radius 1 is 1.07 bits per heavy atom. The van der Waals surface area contributed by atoms with Crippen molar-refractivity contribution in [2.45, 2.75) is 13.3 Å². The molecule has 0 spiro atoms. The predicted molar refractivity (Wildman–Crippen MR) is 113 cm³/mol. The van der Waals surface area contributed by atoms with Gasteiger partial charge in [0.1, 0.15) is 11.5 Å². The Hall–Kier alpha value is -2.73. The quantitative estimate of drug-likeness (QED) is 0.558. The number of ether oxygens (including phenoxy) is 2. The SMILES string of the molecule is CCOc1ccc(C(=O)CCN2CCN(c3ccccc3OC)CC2)cc1N. The summed E-state index contributed by atoms with van der Waals surface area (Å²) in [6.07, 6.45) is 0.488. The van der Waals surface area contributed by atoms with Crippen LogP contribution in [0.5, 0.6) is 11.5 Å². The van der Waals surface area contributed by atoms with E-state index in [4.69, 9.17) is 15.2 Å². The number of rotatable bonds is 8. The Morgan fingerprint density at radius 3 is 2.50 bits per heavy atom. The predicted octanol–water partition coefficient (Wildman–Crippen LogP) is 3.07. The van der Waals surface area contributed by atoms with E-state index in [1.165, 1.54) is 0 Å². The molecule has 3 rings (SSSR count). The summed E-state index contributed by atoms with van der Waals surface area (Å²) in [6.45, 7) is 6.92. The Morgan fingerprint density at radius 2 is 1.82 bits per heavy atom. The number of hydrogen-bond acceptors (Lipinski definition) is 6. The van der Waals surface area contributed by atoms with Gasteiger partial charge in [-0.15, -0.1) is 0 Å². The summed E-state index contributed by atoms with van der Waals surface area (Å²) >= 11 is 0. The first kappa shape index (κ1) is 20.0. The van der Waals surface area contributed by atoms with E-state index in [9.17, 15) is 4.79 Å². The van der Waals surface area contributed by atoms with E-state index in [1.54, 1.807) is 25.3 Å². The third kappa shape index (κ3) is 4.75. The molecule has 1 aliphatic heterocycles. The average Bonchev–Trinajstić information content (AvgIpc) is 2.74. The lowest BCUT2D eigenvalue weighted by atomic mass is 10.1. The number of hydrogen-bond donors (Lipinski definition) is 1. The lowest BCUT2D eigenvalue weighted by Crippen LogP contribution is -2.47. The third-order valence-corrected chi connectivity index (χ3v) is 5.08. The molecular formula is C22H29N3O3. The summed E-state index contributed by atoms with van der Waals surface area (Å²) in [5.41, 5.74) is 8.26. The van der Waals surface area contributed by atoms with Gasteiger partial charge in [0.15, 0.2) is 5.78 Å². The monoisotopic (exact) mass is 383 g/mol. The van der Waals surface area contributed by atoms with Crippen LogP contribution in [0.1, 0.15) is 23.7 Å². The van der Waals surface area contributed by atoms with Gasteiger partial charge in [0, 0.05) is 44.7 Å². The number of benzene rings is 2. The van der Waals surface area contributed by atoms with Gasteiger partial charge in [0.25, 0.3) is 0 Å². The van der Waals surface area contributed by atoms with E-state index in [1.807, 2.05) is 25.1 Å². The number of anilines is 2. The smallest absolute Gasteiger partial charge is 0.164 e. The second-order valence-electron chi connectivity index (χ2n) is 6.86. The molecule has 150 valence electrons. The largest absolute Gasteiger partial charge is 0.495 e. The van der Waals surface area contributed by atoms with Gasteiger partial charge in [0.05, 0.1) is 25.1 Å². The number of carbonyl (C=O) groups excluding carboxylic acids is 1. The first-order valence-corrected chi connectivity index (χ1v) is 9.78. The molecule has 6 heteroatoms. The average molecular weight is 383 g/mol. The van der Waals surface area contributed by atoms with Crippen LogP contribution in [0.25, 0.3) is 0 Å². The Labute approximate surface area is 166 Å². The summed E-state index contributed by atoms with van der Waals surface area (Å²) in [5, 5.41) is 0. The molecule has 2 N–H and O–H groups in total. The molecule has 0 saturated carbocycles. The molecule has 0 bridgehead atoms. The van der Waals surface area contributed by atoms with Gasteiger partial charge in [-0.1, -0.05) is 12.1 Å². The van der Waals surface area contributed by atoms with Gasteiger partial charge in [0.2, 0.25) is 0 Å². The van der Waals surface area contributed by atoms with Crippen molar-refractivity contribution in [3.8, 4) is 11.5 Å². The zero-order valence-electron chi connectivity index (χ0n) is 16.7. The zero-order valence-corrected chi connectivity index (χ0v) is 16.7. The molecular weight excluding hydrogens is 354 g/mol. The van der Waals surface area contributed by atoms with Crippen LogP contribution in [0, 0.1) is 0 Å². The molecule has 0 amide bonds. The van der Waals surface area contributed by atoms with Crippen LogP contribution < -0.4 is 20.1 Å². The van der Waals surface area contributed by atoms with Crippen LogP contribution in [-0.2, 0) is 0 Å². The van der Waals surface area contributed by atoms with E-state index in [2.05, 4.69) is 15.9 Å². The molecule has 0 aliphatic carbocycles. The van der Waals surface area contributed by atoms with Crippen LogP contribution in [0.2, 0.25) is 0 Å². The van der Waals surface area contributed by atoms with Crippen molar-refractivity contribution in [3.05, 3.63) is 48.0 Å². The minimum absolute atomic E-state index is 0.113. The highest BCUT2D eigenvalue weighted by Gasteiger charge is 2.20. The second kappa shape index (κ2) is 9.46. The van der Waals surface area contributed by atoms with Crippen molar-refractivity contribution in [2.24, 2.45) is 0 Å². The standard InChI is InChI=1S/C22H29N3O3/c1-3-28-21-9-8-17(16-18(21)23)20(26)10-11-24-12-14-25(15-13-24)19-6-4-5-7-22(19)27-2/h4-9,16H,3,10-15,23H2,1-2H3. The highest BCUT2D eigenvalue weighted by atomic mass is 16.5. The van der Waals surface area contributed by atoms with Crippen molar-refractivity contribution in [3.63, 3.8) is 0 Å². The molecule has 0 atom stereocenters. The van der Waals surface area contributed by atoms with E-state index < -0.39 is 0 Å². The molecule has 0 radical (unpaired) electrons. The lowest BCUT2D eigenvalue weighted by Gasteiger charge is -2.36. The topological polar surface area (TPSA) is 68.0 Å². The van der Waals surface area contributed by atoms with Gasteiger partial charge in [-0.25, -0.2) is 0 Å². The maximum absolute atomic E-state index is 12.5. The summed E-state index contributed by atoms with van der Waals surface area (Å²) in [5.74, 6) is 1.65.